The van der Waals surface area contributed by atoms with Crippen LogP contribution in [0.2, 0.25) is 0 Å². The van der Waals surface area contributed by atoms with Gasteiger partial charge < -0.3 is 5.32 Å². The maximum atomic E-state index is 12.6. The van der Waals surface area contributed by atoms with Gasteiger partial charge in [0.15, 0.2) is 0 Å². The summed E-state index contributed by atoms with van der Waals surface area (Å²) >= 11 is 6.03. The Morgan fingerprint density at radius 3 is 2.16 bits per heavy atom. The van der Waals surface area contributed by atoms with Crippen molar-refractivity contribution in [2.45, 2.75) is 6.92 Å². The van der Waals surface area contributed by atoms with E-state index >= 15 is 0 Å². The van der Waals surface area contributed by atoms with Gasteiger partial charge in [-0.05, 0) is 31.2 Å². The zero-order valence-electron chi connectivity index (χ0n) is 13.0. The molecular weight excluding hydrogens is 346 g/mol. The first kappa shape index (κ1) is 16.7. The number of hydrogen-bond acceptors (Lipinski definition) is 5. The maximum absolute atomic E-state index is 12.6. The minimum Gasteiger partial charge on any atom is -0.350 e. The molecular formula is C17H12ClN3O4. The fourth-order valence-corrected chi connectivity index (χ4v) is 2.56. The quantitative estimate of drug-likeness (QED) is 0.514. The van der Waals surface area contributed by atoms with Crippen molar-refractivity contribution in [1.82, 2.24) is 0 Å². The van der Waals surface area contributed by atoms with E-state index in [1.54, 1.807) is 12.1 Å². The maximum Gasteiger partial charge on any atom is 0.283 e. The number of amides is 2. The second kappa shape index (κ2) is 6.37. The third kappa shape index (κ3) is 3.09. The van der Waals surface area contributed by atoms with E-state index in [0.717, 1.165) is 10.5 Å². The summed E-state index contributed by atoms with van der Waals surface area (Å²) < 4.78 is 0. The molecule has 3 rings (SSSR count). The van der Waals surface area contributed by atoms with Crippen LogP contribution >= 0.6 is 11.6 Å². The molecule has 0 radical (unpaired) electrons. The molecule has 1 N–H and O–H groups in total. The van der Waals surface area contributed by atoms with Crippen LogP contribution in [0.1, 0.15) is 5.56 Å². The van der Waals surface area contributed by atoms with Crippen molar-refractivity contribution in [2.24, 2.45) is 0 Å². The average Bonchev–Trinajstić information content (AvgIpc) is 2.80. The van der Waals surface area contributed by atoms with Gasteiger partial charge in [0.2, 0.25) is 0 Å². The molecule has 0 spiro atoms. The minimum atomic E-state index is -0.685. The van der Waals surface area contributed by atoms with Crippen molar-refractivity contribution in [3.8, 4) is 0 Å². The van der Waals surface area contributed by atoms with Gasteiger partial charge in [0.05, 0.1) is 10.6 Å². The number of nitro benzene ring substituents is 1. The van der Waals surface area contributed by atoms with Gasteiger partial charge in [-0.25, -0.2) is 4.90 Å². The minimum absolute atomic E-state index is 0.0335. The number of carbonyl (C=O) groups excluding carboxylic acids is 2. The second-order valence-corrected chi connectivity index (χ2v) is 5.78. The number of benzene rings is 2. The first-order chi connectivity index (χ1) is 11.9. The standard InChI is InChI=1S/C17H12ClN3O4/c1-10-2-4-11(5-3-10)19-15-14(18)16(22)20(17(15)23)12-6-8-13(9-7-12)21(24)25/h2-9,19H,1H3. The third-order valence-electron chi connectivity index (χ3n) is 3.67. The molecule has 7 nitrogen and oxygen atoms in total. The summed E-state index contributed by atoms with van der Waals surface area (Å²) in [7, 11) is 0. The van der Waals surface area contributed by atoms with E-state index in [-0.39, 0.29) is 22.1 Å². The molecule has 1 heterocycles. The Bertz CT molecular complexity index is 904. The van der Waals surface area contributed by atoms with Gasteiger partial charge in [-0.2, -0.15) is 0 Å². The lowest BCUT2D eigenvalue weighted by atomic mass is 10.2. The molecule has 2 aromatic rings. The van der Waals surface area contributed by atoms with E-state index in [9.17, 15) is 19.7 Å². The van der Waals surface area contributed by atoms with Crippen molar-refractivity contribution in [3.63, 3.8) is 0 Å². The zero-order chi connectivity index (χ0) is 18.1. The summed E-state index contributed by atoms with van der Waals surface area (Å²) in [4.78, 5) is 35.9. The third-order valence-corrected chi connectivity index (χ3v) is 4.02. The molecule has 0 fully saturated rings. The Balaban J connectivity index is 1.88. The molecule has 1 aliphatic heterocycles. The van der Waals surface area contributed by atoms with Crippen LogP contribution in [-0.4, -0.2) is 16.7 Å². The highest BCUT2D eigenvalue weighted by atomic mass is 35.5. The second-order valence-electron chi connectivity index (χ2n) is 5.40. The van der Waals surface area contributed by atoms with Gasteiger partial charge in [0, 0.05) is 17.8 Å². The molecule has 2 amide bonds. The Morgan fingerprint density at radius 2 is 1.60 bits per heavy atom. The predicted octanol–water partition coefficient (Wildman–Crippen LogP) is 3.34. The normalized spacial score (nSPS) is 14.2. The summed E-state index contributed by atoms with van der Waals surface area (Å²) in [6.45, 7) is 1.93. The number of non-ortho nitro benzene ring substituents is 1. The van der Waals surface area contributed by atoms with Crippen LogP contribution in [-0.2, 0) is 9.59 Å². The highest BCUT2D eigenvalue weighted by Crippen LogP contribution is 2.31. The lowest BCUT2D eigenvalue weighted by Crippen LogP contribution is -2.32. The lowest BCUT2D eigenvalue weighted by molar-refractivity contribution is -0.384. The van der Waals surface area contributed by atoms with Crippen LogP contribution in [0.3, 0.4) is 0 Å². The van der Waals surface area contributed by atoms with E-state index in [0.29, 0.717) is 5.69 Å². The van der Waals surface area contributed by atoms with Crippen molar-refractivity contribution in [2.75, 3.05) is 10.2 Å². The van der Waals surface area contributed by atoms with Crippen LogP contribution in [0.5, 0.6) is 0 Å². The number of nitrogens with zero attached hydrogens (tertiary/aromatic N) is 2. The first-order valence-corrected chi connectivity index (χ1v) is 7.63. The number of hydrogen-bond donors (Lipinski definition) is 1. The number of carbonyl (C=O) groups is 2. The fourth-order valence-electron chi connectivity index (χ4n) is 2.35. The molecule has 0 atom stereocenters. The van der Waals surface area contributed by atoms with E-state index in [4.69, 9.17) is 11.6 Å². The first-order valence-electron chi connectivity index (χ1n) is 7.25. The number of rotatable bonds is 4. The van der Waals surface area contributed by atoms with Gasteiger partial charge in [-0.1, -0.05) is 29.3 Å². The molecule has 0 saturated carbocycles. The van der Waals surface area contributed by atoms with Gasteiger partial charge in [-0.3, -0.25) is 19.7 Å². The molecule has 8 heteroatoms. The summed E-state index contributed by atoms with van der Waals surface area (Å²) in [5.74, 6) is -1.31. The van der Waals surface area contributed by atoms with Crippen molar-refractivity contribution in [1.29, 1.82) is 0 Å². The Hall–Kier alpha value is -3.19. The molecule has 0 aliphatic carbocycles. The van der Waals surface area contributed by atoms with Gasteiger partial charge in [0.1, 0.15) is 10.7 Å². The number of aryl methyl sites for hydroxylation is 1. The summed E-state index contributed by atoms with van der Waals surface area (Å²) in [6.07, 6.45) is 0. The Kier molecular flexibility index (Phi) is 4.24. The monoisotopic (exact) mass is 357 g/mol. The average molecular weight is 358 g/mol. The van der Waals surface area contributed by atoms with Crippen LogP contribution in [0.25, 0.3) is 0 Å². The van der Waals surface area contributed by atoms with Crippen molar-refractivity contribution < 1.29 is 14.5 Å². The Morgan fingerprint density at radius 1 is 1.00 bits per heavy atom. The molecule has 2 aromatic carbocycles. The number of nitrogens with one attached hydrogen (secondary N) is 1. The Labute approximate surface area is 147 Å². The number of anilines is 2. The van der Waals surface area contributed by atoms with Crippen LogP contribution in [0.15, 0.2) is 59.3 Å². The number of halogens is 1. The summed E-state index contributed by atoms with van der Waals surface area (Å²) in [5.41, 5.74) is 1.70. The highest BCUT2D eigenvalue weighted by molar-refractivity contribution is 6.53. The highest BCUT2D eigenvalue weighted by Gasteiger charge is 2.39. The van der Waals surface area contributed by atoms with Crippen molar-refractivity contribution >= 4 is 40.5 Å². The van der Waals surface area contributed by atoms with E-state index < -0.39 is 16.7 Å². The fraction of sp³-hybridized carbons (Fsp3) is 0.0588. The van der Waals surface area contributed by atoms with Crippen molar-refractivity contribution in [3.05, 3.63) is 74.9 Å². The summed E-state index contributed by atoms with van der Waals surface area (Å²) in [6, 6.07) is 12.3. The SMILES string of the molecule is Cc1ccc(NC2=C(Cl)C(=O)N(c3ccc([N+](=O)[O-])cc3)C2=O)cc1. The molecule has 0 bridgehead atoms. The molecule has 0 saturated heterocycles. The van der Waals surface area contributed by atoms with Gasteiger partial charge in [0.25, 0.3) is 17.5 Å². The molecule has 0 aromatic heterocycles. The largest absolute Gasteiger partial charge is 0.350 e. The van der Waals surface area contributed by atoms with Crippen LogP contribution in [0, 0.1) is 17.0 Å². The van der Waals surface area contributed by atoms with Crippen LogP contribution < -0.4 is 10.2 Å². The zero-order valence-corrected chi connectivity index (χ0v) is 13.8. The van der Waals surface area contributed by atoms with E-state index in [2.05, 4.69) is 5.32 Å². The number of imide groups is 1. The van der Waals surface area contributed by atoms with Gasteiger partial charge >= 0.3 is 0 Å². The summed E-state index contributed by atoms with van der Waals surface area (Å²) in [5, 5.41) is 13.3. The van der Waals surface area contributed by atoms with Crippen LogP contribution in [0.4, 0.5) is 17.1 Å². The van der Waals surface area contributed by atoms with Gasteiger partial charge in [-0.15, -0.1) is 0 Å². The molecule has 0 unspecified atom stereocenters. The van der Waals surface area contributed by atoms with E-state index in [1.165, 1.54) is 24.3 Å². The van der Waals surface area contributed by atoms with E-state index in [1.807, 2.05) is 19.1 Å². The topological polar surface area (TPSA) is 92.6 Å². The smallest absolute Gasteiger partial charge is 0.283 e. The number of nitro groups is 1. The molecule has 1 aliphatic rings. The molecule has 126 valence electrons. The lowest BCUT2D eigenvalue weighted by Gasteiger charge is -2.14. The molecule has 25 heavy (non-hydrogen) atoms. The predicted molar refractivity (Wildman–Crippen MR) is 93.3 cm³/mol.